The zero-order valence-corrected chi connectivity index (χ0v) is 14.9. The number of nitrogens with one attached hydrogen (secondary N) is 3. The van der Waals surface area contributed by atoms with Gasteiger partial charge in [0.25, 0.3) is 0 Å². The summed E-state index contributed by atoms with van der Waals surface area (Å²) in [4.78, 5) is 23.8. The van der Waals surface area contributed by atoms with Crippen molar-refractivity contribution in [3.05, 3.63) is 54.1 Å². The number of hydrogen-bond donors (Lipinski definition) is 3. The summed E-state index contributed by atoms with van der Waals surface area (Å²) in [7, 11) is 0. The monoisotopic (exact) mass is 357 g/mol. The third kappa shape index (κ3) is 6.01. The van der Waals surface area contributed by atoms with Gasteiger partial charge in [0.15, 0.2) is 11.5 Å². The van der Waals surface area contributed by atoms with Gasteiger partial charge in [-0.15, -0.1) is 0 Å². The number of anilines is 1. The van der Waals surface area contributed by atoms with Gasteiger partial charge in [0.05, 0.1) is 19.6 Å². The minimum absolute atomic E-state index is 0.0953. The smallest absolute Gasteiger partial charge is 0.337 e. The maximum absolute atomic E-state index is 12.0. The first kappa shape index (κ1) is 19.1. The third-order valence-corrected chi connectivity index (χ3v) is 3.32. The highest BCUT2D eigenvalue weighted by atomic mass is 16.5. The maximum Gasteiger partial charge on any atom is 0.337 e. The van der Waals surface area contributed by atoms with Gasteiger partial charge in [-0.05, 0) is 43.7 Å². The van der Waals surface area contributed by atoms with Crippen molar-refractivity contribution in [1.29, 1.82) is 0 Å². The topological polar surface area (TPSA) is 88.7 Å². The van der Waals surface area contributed by atoms with Crippen molar-refractivity contribution in [3.8, 4) is 11.5 Å². The van der Waals surface area contributed by atoms with Crippen LogP contribution in [0, 0.1) is 0 Å². The number of benzene rings is 2. The molecule has 0 spiro atoms. The van der Waals surface area contributed by atoms with E-state index >= 15 is 0 Å². The Kier molecular flexibility index (Phi) is 7.30. The minimum atomic E-state index is -0.522. The van der Waals surface area contributed by atoms with E-state index < -0.39 is 6.03 Å². The molecule has 0 fully saturated rings. The Hall–Kier alpha value is -3.22. The molecular weight excluding hydrogens is 334 g/mol. The van der Waals surface area contributed by atoms with Crippen LogP contribution < -0.4 is 25.6 Å². The molecule has 0 saturated carbocycles. The van der Waals surface area contributed by atoms with Crippen molar-refractivity contribution < 1.29 is 19.1 Å². The van der Waals surface area contributed by atoms with E-state index in [4.69, 9.17) is 9.47 Å². The maximum atomic E-state index is 12.0. The van der Waals surface area contributed by atoms with Gasteiger partial charge < -0.3 is 14.8 Å². The third-order valence-electron chi connectivity index (χ3n) is 3.32. The van der Waals surface area contributed by atoms with E-state index in [1.54, 1.807) is 42.5 Å². The second-order valence-electron chi connectivity index (χ2n) is 5.32. The van der Waals surface area contributed by atoms with Crippen LogP contribution in [-0.4, -0.2) is 25.2 Å². The fourth-order valence-electron chi connectivity index (χ4n) is 2.25. The minimum Gasteiger partial charge on any atom is -0.490 e. The van der Waals surface area contributed by atoms with E-state index in [1.807, 2.05) is 19.9 Å². The lowest BCUT2D eigenvalue weighted by atomic mass is 10.1. The van der Waals surface area contributed by atoms with Gasteiger partial charge >= 0.3 is 6.03 Å². The highest BCUT2D eigenvalue weighted by molar-refractivity contribution is 5.91. The molecule has 0 bridgehead atoms. The first-order chi connectivity index (χ1) is 12.6. The lowest BCUT2D eigenvalue weighted by Gasteiger charge is -2.13. The van der Waals surface area contributed by atoms with Crippen LogP contribution in [0.1, 0.15) is 19.4 Å². The number of rotatable bonds is 7. The van der Waals surface area contributed by atoms with Gasteiger partial charge in [0.2, 0.25) is 5.91 Å². The molecule has 2 aromatic rings. The summed E-state index contributed by atoms with van der Waals surface area (Å²) in [6, 6.07) is 13.7. The summed E-state index contributed by atoms with van der Waals surface area (Å²) in [5.41, 5.74) is 6.07. The first-order valence-electron chi connectivity index (χ1n) is 8.41. The molecule has 26 heavy (non-hydrogen) atoms. The summed E-state index contributed by atoms with van der Waals surface area (Å²) in [6.45, 7) is 4.80. The first-order valence-corrected chi connectivity index (χ1v) is 8.41. The van der Waals surface area contributed by atoms with Crippen molar-refractivity contribution in [3.63, 3.8) is 0 Å². The molecular formula is C19H23N3O4. The van der Waals surface area contributed by atoms with Crippen molar-refractivity contribution in [2.75, 3.05) is 18.5 Å². The molecule has 0 radical (unpaired) electrons. The number of carbonyl (C=O) groups is 2. The molecule has 0 unspecified atom stereocenters. The van der Waals surface area contributed by atoms with Gasteiger partial charge in [-0.2, -0.15) is 0 Å². The van der Waals surface area contributed by atoms with Gasteiger partial charge in [-0.3, -0.25) is 10.2 Å². The number of amides is 3. The number of carbonyl (C=O) groups excluding carboxylic acids is 2. The SMILES string of the molecule is CCOc1ccc(CC(=O)NNC(=O)Nc2ccccc2)cc1OCC. The lowest BCUT2D eigenvalue weighted by molar-refractivity contribution is -0.121. The molecule has 0 aliphatic heterocycles. The summed E-state index contributed by atoms with van der Waals surface area (Å²) >= 11 is 0. The van der Waals surface area contributed by atoms with Crippen LogP contribution in [0.5, 0.6) is 11.5 Å². The molecule has 2 rings (SSSR count). The molecule has 3 amide bonds. The molecule has 0 aliphatic rings. The average Bonchev–Trinajstić information content (AvgIpc) is 2.63. The number of hydrazine groups is 1. The van der Waals surface area contributed by atoms with Crippen molar-refractivity contribution in [2.24, 2.45) is 0 Å². The van der Waals surface area contributed by atoms with E-state index in [9.17, 15) is 9.59 Å². The Labute approximate surface area is 152 Å². The van der Waals surface area contributed by atoms with Crippen LogP contribution in [0.15, 0.2) is 48.5 Å². The summed E-state index contributed by atoms with van der Waals surface area (Å²) in [5, 5.41) is 2.61. The zero-order chi connectivity index (χ0) is 18.8. The van der Waals surface area contributed by atoms with E-state index in [0.717, 1.165) is 5.56 Å². The number of para-hydroxylation sites is 1. The highest BCUT2D eigenvalue weighted by Crippen LogP contribution is 2.28. The summed E-state index contributed by atoms with van der Waals surface area (Å²) < 4.78 is 11.0. The van der Waals surface area contributed by atoms with E-state index in [-0.39, 0.29) is 12.3 Å². The van der Waals surface area contributed by atoms with Crippen LogP contribution in [0.25, 0.3) is 0 Å². The van der Waals surface area contributed by atoms with Crippen LogP contribution in [-0.2, 0) is 11.2 Å². The van der Waals surface area contributed by atoms with E-state index in [2.05, 4.69) is 16.2 Å². The van der Waals surface area contributed by atoms with Gasteiger partial charge in [-0.25, -0.2) is 10.2 Å². The van der Waals surface area contributed by atoms with Crippen molar-refractivity contribution >= 4 is 17.6 Å². The Balaban J connectivity index is 1.86. The Morgan fingerprint density at radius 1 is 0.885 bits per heavy atom. The molecule has 0 aliphatic carbocycles. The van der Waals surface area contributed by atoms with Crippen LogP contribution in [0.2, 0.25) is 0 Å². The Morgan fingerprint density at radius 3 is 2.27 bits per heavy atom. The largest absolute Gasteiger partial charge is 0.490 e. The second kappa shape index (κ2) is 9.93. The molecule has 0 atom stereocenters. The molecule has 7 heteroatoms. The fourth-order valence-corrected chi connectivity index (χ4v) is 2.25. The predicted molar refractivity (Wildman–Crippen MR) is 99.2 cm³/mol. The predicted octanol–water partition coefficient (Wildman–Crippen LogP) is 2.88. The Morgan fingerprint density at radius 2 is 1.58 bits per heavy atom. The number of ether oxygens (including phenoxy) is 2. The fraction of sp³-hybridized carbons (Fsp3) is 0.263. The quantitative estimate of drug-likeness (QED) is 0.665. The van der Waals surface area contributed by atoms with Crippen LogP contribution in [0.3, 0.4) is 0 Å². The number of hydrogen-bond acceptors (Lipinski definition) is 4. The van der Waals surface area contributed by atoms with Crippen LogP contribution in [0.4, 0.5) is 10.5 Å². The molecule has 3 N–H and O–H groups in total. The van der Waals surface area contributed by atoms with Crippen LogP contribution >= 0.6 is 0 Å². The summed E-state index contributed by atoms with van der Waals surface area (Å²) in [5.74, 6) is 0.883. The van der Waals surface area contributed by atoms with Gasteiger partial charge in [0, 0.05) is 5.69 Å². The highest BCUT2D eigenvalue weighted by Gasteiger charge is 2.10. The van der Waals surface area contributed by atoms with E-state index in [1.165, 1.54) is 0 Å². The van der Waals surface area contributed by atoms with E-state index in [0.29, 0.717) is 30.4 Å². The molecule has 0 aromatic heterocycles. The second-order valence-corrected chi connectivity index (χ2v) is 5.32. The lowest BCUT2D eigenvalue weighted by Crippen LogP contribution is -2.44. The molecule has 7 nitrogen and oxygen atoms in total. The van der Waals surface area contributed by atoms with Crippen molar-refractivity contribution in [2.45, 2.75) is 20.3 Å². The normalized spacial score (nSPS) is 9.92. The Bertz CT molecular complexity index is 735. The standard InChI is InChI=1S/C19H23N3O4/c1-3-25-16-11-10-14(12-17(16)26-4-2)13-18(23)21-22-19(24)20-15-8-6-5-7-9-15/h5-12H,3-4,13H2,1-2H3,(H,21,23)(H2,20,22,24). The zero-order valence-electron chi connectivity index (χ0n) is 14.9. The average molecular weight is 357 g/mol. The van der Waals surface area contributed by atoms with Gasteiger partial charge in [-0.1, -0.05) is 24.3 Å². The van der Waals surface area contributed by atoms with Gasteiger partial charge in [0.1, 0.15) is 0 Å². The molecule has 2 aromatic carbocycles. The molecule has 0 saturated heterocycles. The molecule has 0 heterocycles. The number of urea groups is 1. The molecule has 138 valence electrons. The summed E-state index contributed by atoms with van der Waals surface area (Å²) in [6.07, 6.45) is 0.0953. The van der Waals surface area contributed by atoms with Crippen molar-refractivity contribution in [1.82, 2.24) is 10.9 Å².